The molecule has 7 rings (SSSR count). The minimum Gasteiger partial charge on any atom is -0.336 e. The maximum absolute atomic E-state index is 13.7. The summed E-state index contributed by atoms with van der Waals surface area (Å²) in [6.07, 6.45) is 9.33. The van der Waals surface area contributed by atoms with Gasteiger partial charge in [0.15, 0.2) is 0 Å². The van der Waals surface area contributed by atoms with Crippen molar-refractivity contribution in [3.8, 4) is 0 Å². The average Bonchev–Trinajstić information content (AvgIpc) is 3.51. The Balaban J connectivity index is 0.00000264. The summed E-state index contributed by atoms with van der Waals surface area (Å²) in [4.78, 5) is 50.2. The van der Waals surface area contributed by atoms with Gasteiger partial charge in [0, 0.05) is 25.1 Å². The molecule has 0 unspecified atom stereocenters. The van der Waals surface area contributed by atoms with Crippen molar-refractivity contribution >= 4 is 29.1 Å². The molecule has 4 fully saturated rings. The van der Waals surface area contributed by atoms with E-state index in [1.165, 1.54) is 19.2 Å². The van der Waals surface area contributed by atoms with Gasteiger partial charge in [-0.2, -0.15) is 0 Å². The van der Waals surface area contributed by atoms with Crippen molar-refractivity contribution in [2.45, 2.75) is 71.4 Å². The van der Waals surface area contributed by atoms with Gasteiger partial charge in [-0.25, -0.2) is 9.97 Å². The van der Waals surface area contributed by atoms with Crippen LogP contribution in [0.15, 0.2) is 23.3 Å². The molecule has 4 heterocycles. The lowest BCUT2D eigenvalue weighted by atomic mass is 9.57. The van der Waals surface area contributed by atoms with Gasteiger partial charge in [-0.1, -0.05) is 7.43 Å². The van der Waals surface area contributed by atoms with Crippen molar-refractivity contribution in [3.05, 3.63) is 40.1 Å². The number of hydrogen-bond donors (Lipinski definition) is 3. The number of nitrogens with zero attached hydrogens (tertiary/aromatic N) is 4. The fraction of sp³-hybridized carbons (Fsp3) is 0.607. The summed E-state index contributed by atoms with van der Waals surface area (Å²) in [6, 6.07) is 3.36. The molecule has 5 aliphatic rings. The van der Waals surface area contributed by atoms with E-state index in [0.717, 1.165) is 57.2 Å². The van der Waals surface area contributed by atoms with Crippen molar-refractivity contribution < 1.29 is 9.59 Å². The molecule has 0 bridgehead atoms. The van der Waals surface area contributed by atoms with E-state index in [-0.39, 0.29) is 30.7 Å². The molecule has 2 aromatic heterocycles. The zero-order valence-corrected chi connectivity index (χ0v) is 21.4. The normalized spacial score (nSPS) is 23.7. The fourth-order valence-electron chi connectivity index (χ4n) is 7.46. The summed E-state index contributed by atoms with van der Waals surface area (Å²) >= 11 is 0. The van der Waals surface area contributed by atoms with Crippen LogP contribution < -0.4 is 21.5 Å². The molecule has 0 atom stereocenters. The maximum atomic E-state index is 13.7. The highest BCUT2D eigenvalue weighted by atomic mass is 16.2. The largest absolute Gasteiger partial charge is 0.336 e. The fourth-order valence-corrected chi connectivity index (χ4v) is 7.46. The Morgan fingerprint density at radius 3 is 2.32 bits per heavy atom. The minimum absolute atomic E-state index is 0. The Kier molecular flexibility index (Phi) is 5.51. The molecule has 10 nitrogen and oxygen atoms in total. The number of hydrogen-bond acceptors (Lipinski definition) is 7. The Bertz CT molecular complexity index is 1370. The van der Waals surface area contributed by atoms with Crippen molar-refractivity contribution in [2.24, 2.45) is 16.7 Å². The number of nitrogens with one attached hydrogen (secondary N) is 3. The third kappa shape index (κ3) is 3.83. The van der Waals surface area contributed by atoms with E-state index in [9.17, 15) is 14.4 Å². The van der Waals surface area contributed by atoms with Crippen LogP contribution in [0, 0.1) is 23.7 Å². The number of anilines is 3. The van der Waals surface area contributed by atoms with E-state index in [1.807, 2.05) is 6.92 Å². The van der Waals surface area contributed by atoms with E-state index in [2.05, 4.69) is 37.9 Å². The van der Waals surface area contributed by atoms with Crippen LogP contribution in [0.3, 0.4) is 0 Å². The van der Waals surface area contributed by atoms with E-state index in [1.54, 1.807) is 16.7 Å². The van der Waals surface area contributed by atoms with Gasteiger partial charge in [0.05, 0.1) is 0 Å². The van der Waals surface area contributed by atoms with E-state index >= 15 is 0 Å². The topological polar surface area (TPSA) is 121 Å². The highest BCUT2D eigenvalue weighted by molar-refractivity contribution is 5.97. The average molecular weight is 520 g/mol. The van der Waals surface area contributed by atoms with Gasteiger partial charge in [-0.05, 0) is 87.8 Å². The monoisotopic (exact) mass is 519 g/mol. The van der Waals surface area contributed by atoms with E-state index < -0.39 is 5.66 Å². The summed E-state index contributed by atoms with van der Waals surface area (Å²) in [7, 11) is 2.11. The number of fused-ring (bicyclic) bond motifs is 2. The highest BCUT2D eigenvalue weighted by Crippen LogP contribution is 2.59. The number of amides is 2. The molecule has 2 aliphatic heterocycles. The minimum atomic E-state index is -0.653. The lowest BCUT2D eigenvalue weighted by Crippen LogP contribution is -2.62. The van der Waals surface area contributed by atoms with Gasteiger partial charge in [0.25, 0.3) is 11.5 Å². The molecular formula is C28H37N7O3. The molecule has 0 aromatic carbocycles. The standard InChI is InChI=1S/C27H33N7O3.CH4/c1-16-9-18(24(37)34-21(16)23(36)32-27(34)7-5-25(3-4-25)6-8-27)30-19-10-20(29-15-28-19)31-22(35)17-11-26(12-17)13-33(2)14-26;/h9-10,15,17H,3-8,11-14H2,1-2H3,(H,32,36)(H2,28,29,30,31,35);1H4. The second-order valence-electron chi connectivity index (χ2n) is 12.4. The zero-order valence-electron chi connectivity index (χ0n) is 21.4. The van der Waals surface area contributed by atoms with E-state index in [0.29, 0.717) is 33.8 Å². The van der Waals surface area contributed by atoms with Crippen LogP contribution >= 0.6 is 0 Å². The number of likely N-dealkylation sites (tertiary alicyclic amines) is 1. The first-order valence-corrected chi connectivity index (χ1v) is 13.4. The zero-order chi connectivity index (χ0) is 25.6. The van der Waals surface area contributed by atoms with Crippen LogP contribution in [-0.4, -0.2) is 51.4 Å². The van der Waals surface area contributed by atoms with Crippen LogP contribution in [0.1, 0.15) is 74.8 Å². The summed E-state index contributed by atoms with van der Waals surface area (Å²) in [5.74, 6) is 0.639. The summed E-state index contributed by atoms with van der Waals surface area (Å²) in [5.41, 5.74) is 1.42. The molecule has 0 radical (unpaired) electrons. The number of carbonyl (C=O) groups excluding carboxylic acids is 2. The number of aromatic nitrogens is 3. The predicted octanol–water partition coefficient (Wildman–Crippen LogP) is 3.36. The van der Waals surface area contributed by atoms with Crippen molar-refractivity contribution in [1.29, 1.82) is 0 Å². The third-order valence-electron chi connectivity index (χ3n) is 9.60. The third-order valence-corrected chi connectivity index (χ3v) is 9.60. The summed E-state index contributed by atoms with van der Waals surface area (Å²) in [5, 5.41) is 9.22. The quantitative estimate of drug-likeness (QED) is 0.566. The van der Waals surface area contributed by atoms with Crippen molar-refractivity contribution in [1.82, 2.24) is 24.8 Å². The highest BCUT2D eigenvalue weighted by Gasteiger charge is 2.54. The number of pyridine rings is 1. The Hall–Kier alpha value is -3.27. The first-order valence-electron chi connectivity index (χ1n) is 13.4. The van der Waals surface area contributed by atoms with Crippen LogP contribution in [0.5, 0.6) is 0 Å². The van der Waals surface area contributed by atoms with Gasteiger partial charge in [0.2, 0.25) is 5.91 Å². The molecular weight excluding hydrogens is 482 g/mol. The first kappa shape index (κ1) is 25.0. The molecule has 2 amide bonds. The van der Waals surface area contributed by atoms with Gasteiger partial charge in [-0.3, -0.25) is 19.0 Å². The van der Waals surface area contributed by atoms with Gasteiger partial charge in [0.1, 0.15) is 35.0 Å². The van der Waals surface area contributed by atoms with Crippen LogP contribution in [0.4, 0.5) is 17.3 Å². The van der Waals surface area contributed by atoms with Crippen LogP contribution in [0.2, 0.25) is 0 Å². The van der Waals surface area contributed by atoms with Gasteiger partial charge >= 0.3 is 0 Å². The van der Waals surface area contributed by atoms with Gasteiger partial charge < -0.3 is 20.9 Å². The Labute approximate surface area is 222 Å². The second kappa shape index (κ2) is 8.36. The SMILES string of the molecule is C.Cc1cc(Nc2cc(NC(=O)C3CC4(C3)CN(C)C4)ncn2)c(=O)n2c1C(=O)NC21CCC2(CC2)CC1. The number of aryl methyl sites for hydroxylation is 1. The number of carbonyl (C=O) groups is 2. The predicted molar refractivity (Wildman–Crippen MR) is 144 cm³/mol. The molecule has 38 heavy (non-hydrogen) atoms. The van der Waals surface area contributed by atoms with Crippen molar-refractivity contribution in [2.75, 3.05) is 30.8 Å². The maximum Gasteiger partial charge on any atom is 0.276 e. The molecule has 1 saturated heterocycles. The summed E-state index contributed by atoms with van der Waals surface area (Å²) < 4.78 is 1.69. The molecule has 3 spiro atoms. The number of rotatable bonds is 4. The smallest absolute Gasteiger partial charge is 0.276 e. The summed E-state index contributed by atoms with van der Waals surface area (Å²) in [6.45, 7) is 3.99. The Morgan fingerprint density at radius 2 is 1.66 bits per heavy atom. The molecule has 3 aliphatic carbocycles. The first-order chi connectivity index (χ1) is 17.7. The molecule has 3 saturated carbocycles. The molecule has 3 N–H and O–H groups in total. The molecule has 10 heteroatoms. The van der Waals surface area contributed by atoms with Gasteiger partial charge in [-0.15, -0.1) is 0 Å². The van der Waals surface area contributed by atoms with Crippen molar-refractivity contribution in [3.63, 3.8) is 0 Å². The van der Waals surface area contributed by atoms with E-state index in [4.69, 9.17) is 0 Å². The molecule has 202 valence electrons. The van der Waals surface area contributed by atoms with Crippen LogP contribution in [0.25, 0.3) is 0 Å². The Morgan fingerprint density at radius 1 is 1.00 bits per heavy atom. The molecule has 2 aromatic rings. The lowest BCUT2D eigenvalue weighted by molar-refractivity contribution is -0.137. The second-order valence-corrected chi connectivity index (χ2v) is 12.4. The van der Waals surface area contributed by atoms with Crippen LogP contribution in [-0.2, 0) is 10.5 Å². The lowest BCUT2D eigenvalue weighted by Gasteiger charge is -2.57.